The highest BCUT2D eigenvalue weighted by Gasteiger charge is 2.16. The second kappa shape index (κ2) is 7.75. The molecule has 0 spiro atoms. The molecule has 0 radical (unpaired) electrons. The standard InChI is InChI=1S/C13H19BrN2O3S/c1-10(2)9-15-13(17)7-8-16-20(18,19)12-6-4-3-5-11(12)14/h3-6,10,16H,7-9H2,1-2H3,(H,15,17). The summed E-state index contributed by atoms with van der Waals surface area (Å²) < 4.78 is 27.0. The highest BCUT2D eigenvalue weighted by molar-refractivity contribution is 9.10. The van der Waals surface area contributed by atoms with Crippen LogP contribution in [-0.2, 0) is 14.8 Å². The van der Waals surface area contributed by atoms with Crippen LogP contribution in [0.4, 0.5) is 0 Å². The maximum atomic E-state index is 12.0. The average molecular weight is 363 g/mol. The van der Waals surface area contributed by atoms with E-state index in [1.54, 1.807) is 18.2 Å². The van der Waals surface area contributed by atoms with Gasteiger partial charge in [-0.1, -0.05) is 26.0 Å². The number of sulfonamides is 1. The molecule has 0 saturated heterocycles. The zero-order valence-corrected chi connectivity index (χ0v) is 13.9. The highest BCUT2D eigenvalue weighted by atomic mass is 79.9. The zero-order valence-electron chi connectivity index (χ0n) is 11.5. The van der Waals surface area contributed by atoms with E-state index < -0.39 is 10.0 Å². The van der Waals surface area contributed by atoms with Crippen LogP contribution in [0.15, 0.2) is 33.6 Å². The Bertz CT molecular complexity index is 558. The number of carbonyl (C=O) groups excluding carboxylic acids is 1. The number of carbonyl (C=O) groups is 1. The van der Waals surface area contributed by atoms with Crippen molar-refractivity contribution in [2.75, 3.05) is 13.1 Å². The van der Waals surface area contributed by atoms with Crippen LogP contribution in [0, 0.1) is 5.92 Å². The van der Waals surface area contributed by atoms with Gasteiger partial charge in [0.2, 0.25) is 15.9 Å². The topological polar surface area (TPSA) is 75.3 Å². The Hall–Kier alpha value is -0.920. The van der Waals surface area contributed by atoms with Gasteiger partial charge in [-0.2, -0.15) is 0 Å². The third-order valence-corrected chi connectivity index (χ3v) is 4.95. The van der Waals surface area contributed by atoms with Crippen LogP contribution >= 0.6 is 15.9 Å². The van der Waals surface area contributed by atoms with Crippen molar-refractivity contribution in [2.24, 2.45) is 5.92 Å². The maximum absolute atomic E-state index is 12.0. The summed E-state index contributed by atoms with van der Waals surface area (Å²) >= 11 is 3.20. The fourth-order valence-corrected chi connectivity index (χ4v) is 3.48. The Morgan fingerprint density at radius 3 is 2.55 bits per heavy atom. The van der Waals surface area contributed by atoms with E-state index in [4.69, 9.17) is 0 Å². The van der Waals surface area contributed by atoms with Crippen molar-refractivity contribution in [1.82, 2.24) is 10.0 Å². The SMILES string of the molecule is CC(C)CNC(=O)CCNS(=O)(=O)c1ccccc1Br. The van der Waals surface area contributed by atoms with Gasteiger partial charge in [0.1, 0.15) is 0 Å². The number of halogens is 1. The van der Waals surface area contributed by atoms with Gasteiger partial charge in [-0.05, 0) is 34.0 Å². The predicted octanol–water partition coefficient (Wildman–Crippen LogP) is 1.89. The number of hydrogen-bond acceptors (Lipinski definition) is 3. The molecule has 0 bridgehead atoms. The number of amides is 1. The summed E-state index contributed by atoms with van der Waals surface area (Å²) in [5.74, 6) is 0.212. The molecule has 0 saturated carbocycles. The van der Waals surface area contributed by atoms with Crippen LogP contribution in [-0.4, -0.2) is 27.4 Å². The zero-order chi connectivity index (χ0) is 15.2. The molecule has 0 heterocycles. The summed E-state index contributed by atoms with van der Waals surface area (Å²) in [5, 5.41) is 2.74. The second-order valence-corrected chi connectivity index (χ2v) is 7.37. The Kier molecular flexibility index (Phi) is 6.64. The smallest absolute Gasteiger partial charge is 0.241 e. The molecule has 0 unspecified atom stereocenters. The molecule has 7 heteroatoms. The third kappa shape index (κ3) is 5.60. The summed E-state index contributed by atoms with van der Waals surface area (Å²) in [6.07, 6.45) is 0.121. The van der Waals surface area contributed by atoms with Crippen molar-refractivity contribution in [3.63, 3.8) is 0 Å². The van der Waals surface area contributed by atoms with Crippen molar-refractivity contribution in [1.29, 1.82) is 0 Å². The van der Waals surface area contributed by atoms with Gasteiger partial charge < -0.3 is 5.32 Å². The molecule has 20 heavy (non-hydrogen) atoms. The van der Waals surface area contributed by atoms with Crippen molar-refractivity contribution >= 4 is 31.9 Å². The summed E-state index contributed by atoms with van der Waals surface area (Å²) in [5.41, 5.74) is 0. The fourth-order valence-electron chi connectivity index (χ4n) is 1.45. The van der Waals surface area contributed by atoms with E-state index in [1.807, 2.05) is 13.8 Å². The predicted molar refractivity (Wildman–Crippen MR) is 81.8 cm³/mol. The van der Waals surface area contributed by atoms with Crippen molar-refractivity contribution in [2.45, 2.75) is 25.2 Å². The van der Waals surface area contributed by atoms with E-state index >= 15 is 0 Å². The van der Waals surface area contributed by atoms with Crippen LogP contribution in [0.1, 0.15) is 20.3 Å². The lowest BCUT2D eigenvalue weighted by Crippen LogP contribution is -2.32. The van der Waals surface area contributed by atoms with Gasteiger partial charge >= 0.3 is 0 Å². The molecule has 1 aromatic rings. The molecule has 0 atom stereocenters. The summed E-state index contributed by atoms with van der Waals surface area (Å²) in [7, 11) is -3.59. The molecule has 1 aromatic carbocycles. The van der Waals surface area contributed by atoms with Crippen molar-refractivity contribution in [3.05, 3.63) is 28.7 Å². The molecule has 0 aliphatic rings. The molecule has 5 nitrogen and oxygen atoms in total. The van der Waals surface area contributed by atoms with Crippen LogP contribution < -0.4 is 10.0 Å². The monoisotopic (exact) mass is 362 g/mol. The van der Waals surface area contributed by atoms with Gasteiger partial charge in [0.25, 0.3) is 0 Å². The number of benzene rings is 1. The van der Waals surface area contributed by atoms with Gasteiger partial charge in [-0.15, -0.1) is 0 Å². The summed E-state index contributed by atoms with van der Waals surface area (Å²) in [6.45, 7) is 4.66. The van der Waals surface area contributed by atoms with E-state index in [2.05, 4.69) is 26.0 Å². The lowest BCUT2D eigenvalue weighted by molar-refractivity contribution is -0.121. The summed E-state index contributed by atoms with van der Waals surface area (Å²) in [6, 6.07) is 6.55. The van der Waals surface area contributed by atoms with Crippen molar-refractivity contribution < 1.29 is 13.2 Å². The van der Waals surface area contributed by atoms with Gasteiger partial charge in [0, 0.05) is 24.0 Å². The molecule has 1 rings (SSSR count). The van der Waals surface area contributed by atoms with E-state index in [-0.39, 0.29) is 23.8 Å². The first-order chi connectivity index (χ1) is 9.33. The number of nitrogens with one attached hydrogen (secondary N) is 2. The first kappa shape index (κ1) is 17.1. The van der Waals surface area contributed by atoms with Gasteiger partial charge in [-0.25, -0.2) is 13.1 Å². The Morgan fingerprint density at radius 1 is 1.30 bits per heavy atom. The van der Waals surface area contributed by atoms with E-state index in [9.17, 15) is 13.2 Å². The van der Waals surface area contributed by atoms with Crippen LogP contribution in [0.5, 0.6) is 0 Å². The van der Waals surface area contributed by atoms with Crippen LogP contribution in [0.3, 0.4) is 0 Å². The van der Waals surface area contributed by atoms with E-state index in [0.717, 1.165) is 0 Å². The minimum absolute atomic E-state index is 0.0770. The third-order valence-electron chi connectivity index (χ3n) is 2.48. The molecule has 2 N–H and O–H groups in total. The van der Waals surface area contributed by atoms with E-state index in [1.165, 1.54) is 6.07 Å². The second-order valence-electron chi connectivity index (χ2n) is 4.78. The molecule has 0 aliphatic carbocycles. The fraction of sp³-hybridized carbons (Fsp3) is 0.462. The minimum Gasteiger partial charge on any atom is -0.356 e. The molecular weight excluding hydrogens is 344 g/mol. The largest absolute Gasteiger partial charge is 0.356 e. The Balaban J connectivity index is 2.49. The van der Waals surface area contributed by atoms with Crippen LogP contribution in [0.25, 0.3) is 0 Å². The molecule has 1 amide bonds. The molecule has 112 valence electrons. The quantitative estimate of drug-likeness (QED) is 0.777. The number of rotatable bonds is 7. The lowest BCUT2D eigenvalue weighted by atomic mass is 10.2. The lowest BCUT2D eigenvalue weighted by Gasteiger charge is -2.09. The molecule has 0 aromatic heterocycles. The number of hydrogen-bond donors (Lipinski definition) is 2. The highest BCUT2D eigenvalue weighted by Crippen LogP contribution is 2.20. The van der Waals surface area contributed by atoms with Gasteiger partial charge in [-0.3, -0.25) is 4.79 Å². The van der Waals surface area contributed by atoms with Crippen molar-refractivity contribution in [3.8, 4) is 0 Å². The molecule has 0 fully saturated rings. The van der Waals surface area contributed by atoms with Crippen LogP contribution in [0.2, 0.25) is 0 Å². The first-order valence-electron chi connectivity index (χ1n) is 6.34. The van der Waals surface area contributed by atoms with Gasteiger partial charge in [0.15, 0.2) is 0 Å². The molecular formula is C13H19BrN2O3S. The first-order valence-corrected chi connectivity index (χ1v) is 8.61. The average Bonchev–Trinajstić information content (AvgIpc) is 2.36. The summed E-state index contributed by atoms with van der Waals surface area (Å²) in [4.78, 5) is 11.7. The minimum atomic E-state index is -3.59. The Labute approximate surface area is 128 Å². The normalized spacial score (nSPS) is 11.6. The van der Waals surface area contributed by atoms with E-state index in [0.29, 0.717) is 16.9 Å². The maximum Gasteiger partial charge on any atom is 0.241 e. The Morgan fingerprint density at radius 2 is 1.95 bits per heavy atom. The van der Waals surface area contributed by atoms with Gasteiger partial charge in [0.05, 0.1) is 4.90 Å². The molecule has 0 aliphatic heterocycles.